The number of hydrogen-bond acceptors (Lipinski definition) is 4. The van der Waals surface area contributed by atoms with Gasteiger partial charge in [0.15, 0.2) is 5.69 Å². The number of carboxylic acids is 1. The Morgan fingerprint density at radius 1 is 1.22 bits per heavy atom. The number of benzene rings is 1. The highest BCUT2D eigenvalue weighted by Gasteiger charge is 2.22. The number of methoxy groups -OCH3 is 1. The number of nitrogens with zero attached hydrogens (tertiary/aromatic N) is 2. The highest BCUT2D eigenvalue weighted by molar-refractivity contribution is 6.37. The first kappa shape index (κ1) is 17.4. The maximum atomic E-state index is 12.0. The van der Waals surface area contributed by atoms with Crippen LogP contribution in [0.15, 0.2) is 41.3 Å². The fourth-order valence-electron chi connectivity index (χ4n) is 3.01. The predicted octanol–water partition coefficient (Wildman–Crippen LogP) is 3.86. The summed E-state index contributed by atoms with van der Waals surface area (Å²) < 4.78 is 6.59. The van der Waals surface area contributed by atoms with Gasteiger partial charge in [0.25, 0.3) is 5.56 Å². The first-order chi connectivity index (χ1) is 12.9. The molecule has 0 saturated heterocycles. The summed E-state index contributed by atoms with van der Waals surface area (Å²) in [5.74, 6) is -0.914. The monoisotopic (exact) mass is 403 g/mol. The maximum absolute atomic E-state index is 12.0. The second-order valence-corrected chi connectivity index (χ2v) is 6.53. The van der Waals surface area contributed by atoms with Crippen molar-refractivity contribution in [3.05, 3.63) is 62.6 Å². The lowest BCUT2D eigenvalue weighted by atomic mass is 10.0. The minimum atomic E-state index is -1.25. The van der Waals surface area contributed by atoms with Crippen LogP contribution in [-0.4, -0.2) is 32.8 Å². The summed E-state index contributed by atoms with van der Waals surface area (Å²) in [7, 11) is 1.45. The van der Waals surface area contributed by atoms with Gasteiger partial charge in [-0.3, -0.25) is 4.79 Å². The number of fused-ring (bicyclic) bond motifs is 2. The largest absolute Gasteiger partial charge is 0.481 e. The molecule has 0 bridgehead atoms. The van der Waals surface area contributed by atoms with Crippen molar-refractivity contribution in [2.75, 3.05) is 7.11 Å². The highest BCUT2D eigenvalue weighted by atomic mass is 35.5. The van der Waals surface area contributed by atoms with E-state index in [4.69, 9.17) is 27.9 Å². The van der Waals surface area contributed by atoms with Crippen molar-refractivity contribution in [2.24, 2.45) is 0 Å². The third-order valence-electron chi connectivity index (χ3n) is 4.26. The highest BCUT2D eigenvalue weighted by Crippen LogP contribution is 2.36. The number of aromatic nitrogens is 3. The van der Waals surface area contributed by atoms with E-state index in [2.05, 4.69) is 10.1 Å². The van der Waals surface area contributed by atoms with Crippen molar-refractivity contribution >= 4 is 45.5 Å². The van der Waals surface area contributed by atoms with E-state index in [1.54, 1.807) is 30.3 Å². The molecule has 0 unspecified atom stereocenters. The molecule has 9 heteroatoms. The van der Waals surface area contributed by atoms with Crippen LogP contribution in [0.5, 0.6) is 5.88 Å². The number of ether oxygens (including phenoxy) is 1. The van der Waals surface area contributed by atoms with E-state index in [9.17, 15) is 14.7 Å². The molecule has 0 aliphatic carbocycles. The molecule has 0 atom stereocenters. The normalized spacial score (nSPS) is 11.2. The van der Waals surface area contributed by atoms with Gasteiger partial charge in [-0.1, -0.05) is 29.3 Å². The zero-order chi connectivity index (χ0) is 19.3. The molecule has 4 rings (SSSR count). The number of nitrogens with one attached hydrogen (secondary N) is 1. The van der Waals surface area contributed by atoms with E-state index in [-0.39, 0.29) is 16.3 Å². The standard InChI is InChI=1S/C18H11Cl2N3O4/c1-27-13-5-4-9(16-14(20)15(18(25)26)22-23(13)16)8-2-3-10-11(6-8)12(19)7-21-17(10)24/h2-7H,1H3,(H,21,24)(H,25,26). The Labute approximate surface area is 161 Å². The molecule has 0 saturated carbocycles. The molecule has 0 fully saturated rings. The zero-order valence-corrected chi connectivity index (χ0v) is 15.3. The Morgan fingerprint density at radius 2 is 2.00 bits per heavy atom. The number of hydrogen-bond donors (Lipinski definition) is 2. The number of H-pyrrole nitrogens is 1. The van der Waals surface area contributed by atoms with Gasteiger partial charge < -0.3 is 14.8 Å². The summed E-state index contributed by atoms with van der Waals surface area (Å²) in [5.41, 5.74) is 1.17. The first-order valence-electron chi connectivity index (χ1n) is 7.72. The van der Waals surface area contributed by atoms with Crippen LogP contribution in [0.1, 0.15) is 10.5 Å². The summed E-state index contributed by atoms with van der Waals surface area (Å²) in [6.07, 6.45) is 1.42. The van der Waals surface area contributed by atoms with Gasteiger partial charge in [-0.15, -0.1) is 0 Å². The van der Waals surface area contributed by atoms with Crippen LogP contribution >= 0.6 is 23.2 Å². The Bertz CT molecular complexity index is 1290. The maximum Gasteiger partial charge on any atom is 0.358 e. The molecular formula is C18H11Cl2N3O4. The first-order valence-corrected chi connectivity index (χ1v) is 8.48. The Morgan fingerprint density at radius 3 is 2.70 bits per heavy atom. The number of pyridine rings is 2. The van der Waals surface area contributed by atoms with Gasteiger partial charge in [-0.2, -0.15) is 9.61 Å². The molecule has 2 N–H and O–H groups in total. The molecule has 27 heavy (non-hydrogen) atoms. The third-order valence-corrected chi connectivity index (χ3v) is 4.93. The summed E-state index contributed by atoms with van der Waals surface area (Å²) in [6.45, 7) is 0. The number of aromatic amines is 1. The smallest absolute Gasteiger partial charge is 0.358 e. The van der Waals surface area contributed by atoms with Gasteiger partial charge in [0.1, 0.15) is 5.02 Å². The van der Waals surface area contributed by atoms with Crippen molar-refractivity contribution in [2.45, 2.75) is 0 Å². The van der Waals surface area contributed by atoms with Gasteiger partial charge in [0.05, 0.1) is 17.6 Å². The van der Waals surface area contributed by atoms with Crippen molar-refractivity contribution in [3.8, 4) is 17.0 Å². The number of rotatable bonds is 3. The molecule has 0 amide bonds. The molecule has 3 heterocycles. The van der Waals surface area contributed by atoms with E-state index in [1.807, 2.05) is 0 Å². The van der Waals surface area contributed by atoms with Crippen molar-refractivity contribution in [1.82, 2.24) is 14.6 Å². The number of carboxylic acid groups (broad SMARTS) is 1. The third kappa shape index (κ3) is 2.63. The Balaban J connectivity index is 2.08. The number of aromatic carboxylic acids is 1. The van der Waals surface area contributed by atoms with Crippen molar-refractivity contribution in [1.29, 1.82) is 0 Å². The van der Waals surface area contributed by atoms with Crippen molar-refractivity contribution < 1.29 is 14.6 Å². The molecule has 0 spiro atoms. The van der Waals surface area contributed by atoms with Gasteiger partial charge in [-0.05, 0) is 23.8 Å². The molecule has 4 aromatic rings. The van der Waals surface area contributed by atoms with Crippen LogP contribution in [-0.2, 0) is 0 Å². The summed E-state index contributed by atoms with van der Waals surface area (Å²) in [4.78, 5) is 26.0. The van der Waals surface area contributed by atoms with Gasteiger partial charge >= 0.3 is 5.97 Å². The summed E-state index contributed by atoms with van der Waals surface area (Å²) in [6, 6.07) is 8.53. The fraction of sp³-hybridized carbons (Fsp3) is 0.0556. The van der Waals surface area contributed by atoms with Crippen LogP contribution in [0.25, 0.3) is 27.4 Å². The summed E-state index contributed by atoms with van der Waals surface area (Å²) >= 11 is 12.5. The molecular weight excluding hydrogens is 393 g/mol. The van der Waals surface area contributed by atoms with Crippen LogP contribution in [0.3, 0.4) is 0 Å². The SMILES string of the molecule is COc1ccc(-c2ccc3c(=O)[nH]cc(Cl)c3c2)c2c(Cl)c(C(=O)O)nn12. The van der Waals surface area contributed by atoms with Gasteiger partial charge in [-0.25, -0.2) is 4.79 Å². The van der Waals surface area contributed by atoms with E-state index < -0.39 is 5.97 Å². The molecule has 1 aromatic carbocycles. The van der Waals surface area contributed by atoms with E-state index in [0.29, 0.717) is 38.3 Å². The topological polar surface area (TPSA) is 96.7 Å². The van der Waals surface area contributed by atoms with Gasteiger partial charge in [0, 0.05) is 28.6 Å². The van der Waals surface area contributed by atoms with Crippen molar-refractivity contribution in [3.63, 3.8) is 0 Å². The molecule has 0 aliphatic heterocycles. The molecule has 0 radical (unpaired) electrons. The lowest BCUT2D eigenvalue weighted by Gasteiger charge is -2.10. The lowest BCUT2D eigenvalue weighted by molar-refractivity contribution is 0.0690. The van der Waals surface area contributed by atoms with Gasteiger partial charge in [0.2, 0.25) is 5.88 Å². The lowest BCUT2D eigenvalue weighted by Crippen LogP contribution is -2.05. The molecule has 136 valence electrons. The minimum absolute atomic E-state index is 0.00602. The number of halogens is 2. The average molecular weight is 404 g/mol. The minimum Gasteiger partial charge on any atom is -0.481 e. The molecule has 0 aliphatic rings. The zero-order valence-electron chi connectivity index (χ0n) is 13.8. The van der Waals surface area contributed by atoms with E-state index >= 15 is 0 Å². The predicted molar refractivity (Wildman–Crippen MR) is 102 cm³/mol. The van der Waals surface area contributed by atoms with E-state index in [1.165, 1.54) is 17.8 Å². The second-order valence-electron chi connectivity index (χ2n) is 5.74. The summed E-state index contributed by atoms with van der Waals surface area (Å²) in [5, 5.41) is 14.8. The van der Waals surface area contributed by atoms with Crippen LogP contribution in [0.2, 0.25) is 10.0 Å². The average Bonchev–Trinajstić information content (AvgIpc) is 3.02. The number of carbonyl (C=O) groups is 1. The Kier molecular flexibility index (Phi) is 4.05. The van der Waals surface area contributed by atoms with E-state index in [0.717, 1.165) is 0 Å². The Hall–Kier alpha value is -3.03. The molecule has 7 nitrogen and oxygen atoms in total. The van der Waals surface area contributed by atoms with Crippen LogP contribution < -0.4 is 10.3 Å². The quantitative estimate of drug-likeness (QED) is 0.541. The second kappa shape index (κ2) is 6.29. The fourth-order valence-corrected chi connectivity index (χ4v) is 3.52. The molecule has 3 aromatic heterocycles. The van der Waals surface area contributed by atoms with Crippen LogP contribution in [0.4, 0.5) is 0 Å². The van der Waals surface area contributed by atoms with Crippen LogP contribution in [0, 0.1) is 0 Å².